The molecule has 0 aromatic carbocycles. The van der Waals surface area contributed by atoms with E-state index < -0.39 is 23.6 Å². The molecule has 1 aliphatic carbocycles. The summed E-state index contributed by atoms with van der Waals surface area (Å²) in [6.45, 7) is 3.11. The number of nitrogens with zero attached hydrogens (tertiary/aromatic N) is 1. The number of aromatic nitrogens is 2. The summed E-state index contributed by atoms with van der Waals surface area (Å²) in [5.74, 6) is -1.35. The SMILES string of the molecule is COC(=O)c1sc2nc(C)[nH]c(=O)c2c1CC(=O)O[C@@H](C)C(=O)NC1CCCC1. The standard InChI is InChI=1S/C19H23N3O6S/c1-9(16(24)22-11-6-4-5-7-11)28-13(23)8-12-14-17(25)20-10(2)21-18(14)29-15(12)19(26)27-3/h9,11H,4-8H2,1-3H3,(H,22,24)(H,20,21,25)/t9-/m0/s1. The average Bonchev–Trinajstić information content (AvgIpc) is 3.28. The number of thiophene rings is 1. The van der Waals surface area contributed by atoms with E-state index in [0.717, 1.165) is 37.0 Å². The molecule has 10 heteroatoms. The Morgan fingerprint density at radius 1 is 1.31 bits per heavy atom. The van der Waals surface area contributed by atoms with E-state index >= 15 is 0 Å². The monoisotopic (exact) mass is 421 g/mol. The summed E-state index contributed by atoms with van der Waals surface area (Å²) in [5.41, 5.74) is -0.257. The molecule has 1 amide bonds. The molecule has 0 aliphatic heterocycles. The number of amides is 1. The van der Waals surface area contributed by atoms with Gasteiger partial charge >= 0.3 is 11.9 Å². The van der Waals surface area contributed by atoms with Crippen LogP contribution in [0.25, 0.3) is 10.2 Å². The second kappa shape index (κ2) is 8.73. The smallest absolute Gasteiger partial charge is 0.348 e. The van der Waals surface area contributed by atoms with Gasteiger partial charge in [-0.3, -0.25) is 14.4 Å². The first-order valence-corrected chi connectivity index (χ1v) is 10.2. The Kier molecular flexibility index (Phi) is 6.31. The predicted octanol–water partition coefficient (Wildman–Crippen LogP) is 1.61. The molecule has 2 N–H and O–H groups in total. The number of carbonyl (C=O) groups is 3. The summed E-state index contributed by atoms with van der Waals surface area (Å²) in [6, 6.07) is 0.114. The zero-order valence-corrected chi connectivity index (χ0v) is 17.3. The number of ether oxygens (including phenoxy) is 2. The molecule has 3 rings (SSSR count). The number of H-pyrrole nitrogens is 1. The van der Waals surface area contributed by atoms with E-state index in [1.54, 1.807) is 6.92 Å². The van der Waals surface area contributed by atoms with Crippen molar-refractivity contribution in [3.8, 4) is 0 Å². The van der Waals surface area contributed by atoms with Gasteiger partial charge in [0, 0.05) is 11.6 Å². The van der Waals surface area contributed by atoms with Crippen LogP contribution in [0, 0.1) is 6.92 Å². The second-order valence-corrected chi connectivity index (χ2v) is 8.03. The first-order chi connectivity index (χ1) is 13.8. The van der Waals surface area contributed by atoms with Crippen LogP contribution in [0.5, 0.6) is 0 Å². The third-order valence-corrected chi connectivity index (χ3v) is 5.96. The van der Waals surface area contributed by atoms with Crippen molar-refractivity contribution < 1.29 is 23.9 Å². The average molecular weight is 421 g/mol. The highest BCUT2D eigenvalue weighted by Crippen LogP contribution is 2.29. The largest absolute Gasteiger partial charge is 0.465 e. The fourth-order valence-electron chi connectivity index (χ4n) is 3.42. The van der Waals surface area contributed by atoms with E-state index in [0.29, 0.717) is 10.7 Å². The quantitative estimate of drug-likeness (QED) is 0.678. The van der Waals surface area contributed by atoms with Gasteiger partial charge in [0.05, 0.1) is 18.9 Å². The normalized spacial score (nSPS) is 15.3. The minimum Gasteiger partial charge on any atom is -0.465 e. The van der Waals surface area contributed by atoms with Gasteiger partial charge in [0.25, 0.3) is 11.5 Å². The van der Waals surface area contributed by atoms with Crippen LogP contribution in [0.1, 0.15) is 53.7 Å². The van der Waals surface area contributed by atoms with E-state index in [-0.39, 0.29) is 34.2 Å². The molecule has 9 nitrogen and oxygen atoms in total. The van der Waals surface area contributed by atoms with Crippen LogP contribution in [-0.4, -0.2) is 47.1 Å². The molecule has 0 bridgehead atoms. The molecule has 0 unspecified atom stereocenters. The number of rotatable bonds is 6. The number of hydrogen-bond acceptors (Lipinski definition) is 8. The Hall–Kier alpha value is -2.75. The summed E-state index contributed by atoms with van der Waals surface area (Å²) in [4.78, 5) is 56.5. The molecular weight excluding hydrogens is 398 g/mol. The van der Waals surface area contributed by atoms with Crippen molar-refractivity contribution >= 4 is 39.4 Å². The molecule has 29 heavy (non-hydrogen) atoms. The van der Waals surface area contributed by atoms with Gasteiger partial charge in [0.1, 0.15) is 15.5 Å². The van der Waals surface area contributed by atoms with E-state index in [2.05, 4.69) is 15.3 Å². The van der Waals surface area contributed by atoms with Crippen LogP contribution < -0.4 is 10.9 Å². The van der Waals surface area contributed by atoms with E-state index in [1.807, 2.05) is 0 Å². The molecule has 0 radical (unpaired) electrons. The fraction of sp³-hybridized carbons (Fsp3) is 0.526. The number of methoxy groups -OCH3 is 1. The second-order valence-electron chi connectivity index (χ2n) is 7.03. The summed E-state index contributed by atoms with van der Waals surface area (Å²) < 4.78 is 10.0. The van der Waals surface area contributed by atoms with Gasteiger partial charge in [-0.1, -0.05) is 12.8 Å². The number of fused-ring (bicyclic) bond motifs is 1. The zero-order valence-electron chi connectivity index (χ0n) is 16.5. The van der Waals surface area contributed by atoms with Crippen molar-refractivity contribution in [1.82, 2.24) is 15.3 Å². The summed E-state index contributed by atoms with van der Waals surface area (Å²) in [6.07, 6.45) is 2.66. The van der Waals surface area contributed by atoms with Crippen LogP contribution in [0.2, 0.25) is 0 Å². The van der Waals surface area contributed by atoms with Gasteiger partial charge in [0.2, 0.25) is 0 Å². The van der Waals surface area contributed by atoms with Gasteiger partial charge in [-0.25, -0.2) is 9.78 Å². The minimum absolute atomic E-state index is 0.114. The molecule has 1 fully saturated rings. The maximum Gasteiger partial charge on any atom is 0.348 e. The molecule has 0 spiro atoms. The van der Waals surface area contributed by atoms with Crippen molar-refractivity contribution in [2.24, 2.45) is 0 Å². The van der Waals surface area contributed by atoms with Crippen LogP contribution in [0.4, 0.5) is 0 Å². The van der Waals surface area contributed by atoms with Crippen LogP contribution in [0.3, 0.4) is 0 Å². The summed E-state index contributed by atoms with van der Waals surface area (Å²) in [5, 5.41) is 3.03. The number of aromatic amines is 1. The number of esters is 2. The minimum atomic E-state index is -0.978. The van der Waals surface area contributed by atoms with E-state index in [4.69, 9.17) is 9.47 Å². The maximum atomic E-state index is 12.5. The highest BCUT2D eigenvalue weighted by molar-refractivity contribution is 7.20. The molecule has 1 saturated carbocycles. The zero-order chi connectivity index (χ0) is 21.1. The lowest BCUT2D eigenvalue weighted by atomic mass is 10.1. The Bertz CT molecular complexity index is 1010. The summed E-state index contributed by atoms with van der Waals surface area (Å²) in [7, 11) is 1.22. The fourth-order valence-corrected chi connectivity index (χ4v) is 4.58. The molecular formula is C19H23N3O6S. The van der Waals surface area contributed by atoms with Gasteiger partial charge in [-0.15, -0.1) is 11.3 Å². The number of aryl methyl sites for hydroxylation is 1. The lowest BCUT2D eigenvalue weighted by Crippen LogP contribution is -2.41. The highest BCUT2D eigenvalue weighted by atomic mass is 32.1. The number of carbonyl (C=O) groups excluding carboxylic acids is 3. The van der Waals surface area contributed by atoms with E-state index in [1.165, 1.54) is 14.0 Å². The number of hydrogen-bond donors (Lipinski definition) is 2. The van der Waals surface area contributed by atoms with Gasteiger partial charge in [-0.05, 0) is 26.7 Å². The molecule has 0 saturated heterocycles. The van der Waals surface area contributed by atoms with Crippen LogP contribution in [-0.2, 0) is 25.5 Å². The van der Waals surface area contributed by atoms with Crippen LogP contribution in [0.15, 0.2) is 4.79 Å². The Labute approximate surface area is 170 Å². The number of nitrogens with one attached hydrogen (secondary N) is 2. The first-order valence-electron chi connectivity index (χ1n) is 9.40. The van der Waals surface area contributed by atoms with Crippen molar-refractivity contribution in [2.75, 3.05) is 7.11 Å². The Morgan fingerprint density at radius 2 is 2.00 bits per heavy atom. The topological polar surface area (TPSA) is 127 Å². The van der Waals surface area contributed by atoms with Crippen LogP contribution >= 0.6 is 11.3 Å². The molecule has 2 aromatic rings. The van der Waals surface area contributed by atoms with Crippen molar-refractivity contribution in [3.63, 3.8) is 0 Å². The molecule has 156 valence electrons. The summed E-state index contributed by atoms with van der Waals surface area (Å²) >= 11 is 0.981. The third kappa shape index (κ3) is 4.64. The van der Waals surface area contributed by atoms with Gasteiger partial charge < -0.3 is 19.8 Å². The first kappa shape index (κ1) is 21.0. The maximum absolute atomic E-state index is 12.5. The molecule has 1 atom stereocenters. The third-order valence-electron chi connectivity index (χ3n) is 4.85. The van der Waals surface area contributed by atoms with Crippen molar-refractivity contribution in [3.05, 3.63) is 26.6 Å². The molecule has 2 aromatic heterocycles. The Morgan fingerprint density at radius 3 is 2.66 bits per heavy atom. The Balaban J connectivity index is 1.79. The molecule has 2 heterocycles. The van der Waals surface area contributed by atoms with Crippen molar-refractivity contribution in [2.45, 2.75) is 58.1 Å². The molecule has 1 aliphatic rings. The highest BCUT2D eigenvalue weighted by Gasteiger charge is 2.27. The van der Waals surface area contributed by atoms with Gasteiger partial charge in [-0.2, -0.15) is 0 Å². The van der Waals surface area contributed by atoms with Gasteiger partial charge in [0.15, 0.2) is 6.10 Å². The van der Waals surface area contributed by atoms with E-state index in [9.17, 15) is 19.2 Å². The lowest BCUT2D eigenvalue weighted by Gasteiger charge is -2.17. The van der Waals surface area contributed by atoms with Crippen molar-refractivity contribution in [1.29, 1.82) is 0 Å². The lowest BCUT2D eigenvalue weighted by molar-refractivity contribution is -0.154. The predicted molar refractivity (Wildman–Crippen MR) is 106 cm³/mol.